The maximum Gasteiger partial charge on any atom is 0.273 e. The summed E-state index contributed by atoms with van der Waals surface area (Å²) in [6.07, 6.45) is 1.55. The van der Waals surface area contributed by atoms with Crippen molar-refractivity contribution in [3.63, 3.8) is 0 Å². The lowest BCUT2D eigenvalue weighted by Gasteiger charge is -2.12. The van der Waals surface area contributed by atoms with Crippen molar-refractivity contribution in [2.75, 3.05) is 20.8 Å². The van der Waals surface area contributed by atoms with Crippen molar-refractivity contribution in [3.05, 3.63) is 58.0 Å². The summed E-state index contributed by atoms with van der Waals surface area (Å²) in [5.74, 6) is 0.256. The Bertz CT molecular complexity index is 1000. The lowest BCUT2D eigenvalue weighted by molar-refractivity contribution is 0.0930. The van der Waals surface area contributed by atoms with Gasteiger partial charge in [-0.1, -0.05) is 17.3 Å². The largest absolute Gasteiger partial charge is 0.493 e. The maximum absolute atomic E-state index is 12.5. The molecule has 2 heterocycles. The van der Waals surface area contributed by atoms with Crippen LogP contribution in [0.4, 0.5) is 0 Å². The van der Waals surface area contributed by atoms with Gasteiger partial charge in [-0.05, 0) is 30.5 Å². The first-order chi connectivity index (χ1) is 14.5. The highest BCUT2D eigenvalue weighted by Crippen LogP contribution is 2.30. The molecule has 3 aromatic rings. The fourth-order valence-corrected chi connectivity index (χ4v) is 3.57. The van der Waals surface area contributed by atoms with Crippen molar-refractivity contribution < 1.29 is 19.1 Å². The van der Waals surface area contributed by atoms with E-state index in [-0.39, 0.29) is 23.6 Å². The van der Waals surface area contributed by atoms with Crippen molar-refractivity contribution in [1.82, 2.24) is 25.6 Å². The Morgan fingerprint density at radius 2 is 2.00 bits per heavy atom. The zero-order valence-electron chi connectivity index (χ0n) is 16.9. The first-order valence-corrected chi connectivity index (χ1v) is 10.1. The standard InChI is InChI=1S/C20H23N5O4S/c1-13(17-8-5-11-30-17)22-20(27)15-12-25(24-23-15)10-9-21-19(26)14-6-4-7-16(28-2)18(14)29-3/h4-8,11-13H,9-10H2,1-3H3,(H,21,26)(H,22,27)/t13-/m0/s1. The SMILES string of the molecule is COc1cccc(C(=O)NCCn2cc(C(=O)N[C@@H](C)c3cccs3)nn2)c1OC. The molecule has 0 aliphatic rings. The number of benzene rings is 1. The summed E-state index contributed by atoms with van der Waals surface area (Å²) >= 11 is 1.58. The molecule has 0 saturated carbocycles. The van der Waals surface area contributed by atoms with Crippen LogP contribution in [-0.2, 0) is 6.54 Å². The number of hydrogen-bond donors (Lipinski definition) is 2. The van der Waals surface area contributed by atoms with Crippen LogP contribution in [0.15, 0.2) is 41.9 Å². The molecule has 30 heavy (non-hydrogen) atoms. The molecule has 158 valence electrons. The van der Waals surface area contributed by atoms with Gasteiger partial charge in [0, 0.05) is 11.4 Å². The van der Waals surface area contributed by atoms with Crippen LogP contribution in [0, 0.1) is 0 Å². The Balaban J connectivity index is 1.53. The third kappa shape index (κ3) is 4.95. The number of hydrogen-bond acceptors (Lipinski definition) is 7. The molecule has 2 aromatic heterocycles. The van der Waals surface area contributed by atoms with Crippen molar-refractivity contribution in [3.8, 4) is 11.5 Å². The van der Waals surface area contributed by atoms with Gasteiger partial charge in [0.1, 0.15) is 0 Å². The normalized spacial score (nSPS) is 11.6. The predicted molar refractivity (Wildman–Crippen MR) is 112 cm³/mol. The van der Waals surface area contributed by atoms with Crippen molar-refractivity contribution in [2.24, 2.45) is 0 Å². The Hall–Kier alpha value is -3.40. The van der Waals surface area contributed by atoms with E-state index < -0.39 is 0 Å². The van der Waals surface area contributed by atoms with Crippen molar-refractivity contribution >= 4 is 23.2 Å². The van der Waals surface area contributed by atoms with E-state index in [0.717, 1.165) is 4.88 Å². The highest BCUT2D eigenvalue weighted by Gasteiger charge is 2.17. The number of rotatable bonds is 9. The lowest BCUT2D eigenvalue weighted by Crippen LogP contribution is -2.28. The fraction of sp³-hybridized carbons (Fsp3) is 0.300. The van der Waals surface area contributed by atoms with E-state index in [1.54, 1.807) is 35.7 Å². The van der Waals surface area contributed by atoms with E-state index in [9.17, 15) is 9.59 Å². The average molecular weight is 430 g/mol. The molecule has 10 heteroatoms. The molecule has 0 aliphatic carbocycles. The van der Waals surface area contributed by atoms with Gasteiger partial charge in [0.15, 0.2) is 17.2 Å². The minimum absolute atomic E-state index is 0.111. The van der Waals surface area contributed by atoms with Crippen molar-refractivity contribution in [2.45, 2.75) is 19.5 Å². The van der Waals surface area contributed by atoms with Crippen LogP contribution < -0.4 is 20.1 Å². The molecule has 0 saturated heterocycles. The monoisotopic (exact) mass is 429 g/mol. The number of nitrogens with zero attached hydrogens (tertiary/aromatic N) is 3. The number of carbonyl (C=O) groups is 2. The van der Waals surface area contributed by atoms with E-state index in [1.807, 2.05) is 24.4 Å². The molecule has 0 unspecified atom stereocenters. The zero-order valence-corrected chi connectivity index (χ0v) is 17.7. The Morgan fingerprint density at radius 3 is 2.70 bits per heavy atom. The van der Waals surface area contributed by atoms with E-state index in [0.29, 0.717) is 30.2 Å². The predicted octanol–water partition coefficient (Wildman–Crippen LogP) is 2.28. The third-order valence-corrected chi connectivity index (χ3v) is 5.42. The second kappa shape index (κ2) is 9.88. The van der Waals surface area contributed by atoms with E-state index in [1.165, 1.54) is 18.9 Å². The molecule has 0 radical (unpaired) electrons. The van der Waals surface area contributed by atoms with Gasteiger partial charge < -0.3 is 20.1 Å². The Morgan fingerprint density at radius 1 is 1.17 bits per heavy atom. The second-order valence-corrected chi connectivity index (χ2v) is 7.35. The lowest BCUT2D eigenvalue weighted by atomic mass is 10.1. The average Bonchev–Trinajstić information content (AvgIpc) is 3.45. The molecule has 0 fully saturated rings. The summed E-state index contributed by atoms with van der Waals surface area (Å²) < 4.78 is 12.0. The van der Waals surface area contributed by atoms with E-state index >= 15 is 0 Å². The van der Waals surface area contributed by atoms with Gasteiger partial charge in [-0.15, -0.1) is 16.4 Å². The number of amides is 2. The summed E-state index contributed by atoms with van der Waals surface area (Å²) in [7, 11) is 3.00. The first kappa shape index (κ1) is 21.3. The molecule has 1 atom stereocenters. The number of para-hydroxylation sites is 1. The van der Waals surface area contributed by atoms with Crippen LogP contribution in [0.3, 0.4) is 0 Å². The number of methoxy groups -OCH3 is 2. The van der Waals surface area contributed by atoms with Gasteiger partial charge in [0.25, 0.3) is 11.8 Å². The summed E-state index contributed by atoms with van der Waals surface area (Å²) in [4.78, 5) is 25.9. The molecular weight excluding hydrogens is 406 g/mol. The number of carbonyl (C=O) groups excluding carboxylic acids is 2. The summed E-state index contributed by atoms with van der Waals surface area (Å²) in [5, 5.41) is 15.5. The van der Waals surface area contributed by atoms with E-state index in [4.69, 9.17) is 9.47 Å². The van der Waals surface area contributed by atoms with Crippen LogP contribution in [0.1, 0.15) is 38.7 Å². The summed E-state index contributed by atoms with van der Waals surface area (Å²) in [6.45, 7) is 2.57. The molecule has 2 N–H and O–H groups in total. The fourth-order valence-electron chi connectivity index (χ4n) is 2.84. The smallest absolute Gasteiger partial charge is 0.273 e. The van der Waals surface area contributed by atoms with Gasteiger partial charge >= 0.3 is 0 Å². The van der Waals surface area contributed by atoms with Gasteiger partial charge in [-0.2, -0.15) is 0 Å². The number of aromatic nitrogens is 3. The molecule has 3 rings (SSSR count). The quantitative estimate of drug-likeness (QED) is 0.540. The third-order valence-electron chi connectivity index (χ3n) is 4.36. The topological polar surface area (TPSA) is 107 Å². The van der Waals surface area contributed by atoms with Gasteiger partial charge in [0.05, 0.1) is 38.6 Å². The number of nitrogens with one attached hydrogen (secondary N) is 2. The van der Waals surface area contributed by atoms with Crippen LogP contribution in [0.25, 0.3) is 0 Å². The minimum atomic E-state index is -0.299. The van der Waals surface area contributed by atoms with Crippen LogP contribution in [-0.4, -0.2) is 47.6 Å². The van der Waals surface area contributed by atoms with Gasteiger partial charge in [0.2, 0.25) is 0 Å². The molecular formula is C20H23N5O4S. The van der Waals surface area contributed by atoms with E-state index in [2.05, 4.69) is 20.9 Å². The van der Waals surface area contributed by atoms with Crippen LogP contribution >= 0.6 is 11.3 Å². The van der Waals surface area contributed by atoms with Crippen LogP contribution in [0.2, 0.25) is 0 Å². The van der Waals surface area contributed by atoms with Crippen LogP contribution in [0.5, 0.6) is 11.5 Å². The molecule has 0 bridgehead atoms. The molecule has 2 amide bonds. The van der Waals surface area contributed by atoms with Gasteiger partial charge in [-0.3, -0.25) is 9.59 Å². The Labute approximate surface area is 178 Å². The van der Waals surface area contributed by atoms with Gasteiger partial charge in [-0.25, -0.2) is 4.68 Å². The molecule has 0 aliphatic heterocycles. The second-order valence-electron chi connectivity index (χ2n) is 6.37. The molecule has 1 aromatic carbocycles. The highest BCUT2D eigenvalue weighted by molar-refractivity contribution is 7.10. The minimum Gasteiger partial charge on any atom is -0.493 e. The number of thiophene rings is 1. The zero-order chi connectivity index (χ0) is 21.5. The summed E-state index contributed by atoms with van der Waals surface area (Å²) in [6, 6.07) is 8.89. The van der Waals surface area contributed by atoms with Crippen molar-refractivity contribution in [1.29, 1.82) is 0 Å². The number of ether oxygens (including phenoxy) is 2. The Kier molecular flexibility index (Phi) is 7.02. The first-order valence-electron chi connectivity index (χ1n) is 9.27. The highest BCUT2D eigenvalue weighted by atomic mass is 32.1. The summed E-state index contributed by atoms with van der Waals surface area (Å²) in [5.41, 5.74) is 0.595. The molecule has 9 nitrogen and oxygen atoms in total. The molecule has 0 spiro atoms. The maximum atomic E-state index is 12.5.